The largest absolute Gasteiger partial charge is 0.364 e. The first-order chi connectivity index (χ1) is 7.78. The van der Waals surface area contributed by atoms with Gasteiger partial charge in [0.2, 0.25) is 0 Å². The smallest absolute Gasteiger partial charge is 0.304 e. The van der Waals surface area contributed by atoms with Gasteiger partial charge < -0.3 is 10.3 Å². The summed E-state index contributed by atoms with van der Waals surface area (Å²) in [7, 11) is 0. The van der Waals surface area contributed by atoms with Crippen molar-refractivity contribution in [2.24, 2.45) is 0 Å². The SMILES string of the molecule is CCc1cc(NCc2csc(=O)[nH]2)ncn1. The lowest BCUT2D eigenvalue weighted by Gasteiger charge is -2.04. The fourth-order valence-electron chi connectivity index (χ4n) is 1.27. The number of aromatic amines is 1. The molecule has 0 fully saturated rings. The van der Waals surface area contributed by atoms with E-state index in [9.17, 15) is 4.79 Å². The number of rotatable bonds is 4. The fraction of sp³-hybridized carbons (Fsp3) is 0.300. The Balaban J connectivity index is 2.01. The third kappa shape index (κ3) is 2.66. The molecule has 0 unspecified atom stereocenters. The molecule has 0 aromatic carbocycles. The van der Waals surface area contributed by atoms with Gasteiger partial charge in [0.25, 0.3) is 0 Å². The molecular weight excluding hydrogens is 224 g/mol. The third-order valence-corrected chi connectivity index (χ3v) is 2.84. The van der Waals surface area contributed by atoms with Crippen molar-refractivity contribution in [3.8, 4) is 0 Å². The summed E-state index contributed by atoms with van der Waals surface area (Å²) < 4.78 is 0. The van der Waals surface area contributed by atoms with Gasteiger partial charge in [-0.2, -0.15) is 0 Å². The minimum absolute atomic E-state index is 0.0336. The molecule has 2 N–H and O–H groups in total. The van der Waals surface area contributed by atoms with Crippen LogP contribution < -0.4 is 10.2 Å². The fourth-order valence-corrected chi connectivity index (χ4v) is 1.86. The third-order valence-electron chi connectivity index (χ3n) is 2.12. The van der Waals surface area contributed by atoms with Gasteiger partial charge in [0.05, 0.1) is 6.54 Å². The summed E-state index contributed by atoms with van der Waals surface area (Å²) >= 11 is 1.16. The molecule has 0 aliphatic rings. The van der Waals surface area contributed by atoms with Crippen molar-refractivity contribution in [3.05, 3.63) is 38.8 Å². The van der Waals surface area contributed by atoms with Gasteiger partial charge in [-0.25, -0.2) is 9.97 Å². The number of hydrogen-bond acceptors (Lipinski definition) is 5. The number of aromatic nitrogens is 3. The van der Waals surface area contributed by atoms with Crippen LogP contribution in [0.4, 0.5) is 5.82 Å². The van der Waals surface area contributed by atoms with E-state index in [1.807, 2.05) is 13.0 Å². The second kappa shape index (κ2) is 4.89. The zero-order valence-corrected chi connectivity index (χ0v) is 9.67. The molecule has 0 aliphatic heterocycles. The van der Waals surface area contributed by atoms with Crippen molar-refractivity contribution in [1.29, 1.82) is 0 Å². The molecule has 0 atom stereocenters. The van der Waals surface area contributed by atoms with Gasteiger partial charge in [-0.15, -0.1) is 0 Å². The number of aryl methyl sites for hydroxylation is 1. The van der Waals surface area contributed by atoms with Crippen molar-refractivity contribution >= 4 is 17.2 Å². The minimum atomic E-state index is -0.0336. The van der Waals surface area contributed by atoms with E-state index in [4.69, 9.17) is 0 Å². The van der Waals surface area contributed by atoms with E-state index in [1.54, 1.807) is 5.38 Å². The van der Waals surface area contributed by atoms with Crippen LogP contribution >= 0.6 is 11.3 Å². The Morgan fingerprint density at radius 3 is 3.06 bits per heavy atom. The molecule has 84 valence electrons. The average molecular weight is 236 g/mol. The molecule has 0 amide bonds. The van der Waals surface area contributed by atoms with Gasteiger partial charge in [0.15, 0.2) is 0 Å². The van der Waals surface area contributed by atoms with Crippen molar-refractivity contribution in [2.75, 3.05) is 5.32 Å². The number of nitrogens with one attached hydrogen (secondary N) is 2. The van der Waals surface area contributed by atoms with Crippen LogP contribution in [-0.2, 0) is 13.0 Å². The van der Waals surface area contributed by atoms with Crippen LogP contribution in [0, 0.1) is 0 Å². The predicted molar refractivity (Wildman–Crippen MR) is 63.7 cm³/mol. The van der Waals surface area contributed by atoms with Crippen LogP contribution in [0.5, 0.6) is 0 Å². The molecule has 5 nitrogen and oxygen atoms in total. The van der Waals surface area contributed by atoms with Crippen molar-refractivity contribution in [3.63, 3.8) is 0 Å². The van der Waals surface area contributed by atoms with Gasteiger partial charge in [-0.3, -0.25) is 4.79 Å². The van der Waals surface area contributed by atoms with Crippen molar-refractivity contribution in [2.45, 2.75) is 19.9 Å². The Bertz CT molecular complexity index is 519. The van der Waals surface area contributed by atoms with Gasteiger partial charge >= 0.3 is 4.87 Å². The van der Waals surface area contributed by atoms with Crippen molar-refractivity contribution in [1.82, 2.24) is 15.0 Å². The highest BCUT2D eigenvalue weighted by Crippen LogP contribution is 2.06. The van der Waals surface area contributed by atoms with Gasteiger partial charge in [-0.05, 0) is 6.42 Å². The highest BCUT2D eigenvalue weighted by Gasteiger charge is 1.99. The molecular formula is C10H12N4OS. The highest BCUT2D eigenvalue weighted by atomic mass is 32.1. The number of thiazole rings is 1. The quantitative estimate of drug-likeness (QED) is 0.841. The van der Waals surface area contributed by atoms with Crippen LogP contribution in [0.3, 0.4) is 0 Å². The molecule has 0 bridgehead atoms. The van der Waals surface area contributed by atoms with E-state index >= 15 is 0 Å². The first-order valence-electron chi connectivity index (χ1n) is 4.99. The Kier molecular flexibility index (Phi) is 3.31. The second-order valence-electron chi connectivity index (χ2n) is 3.28. The molecule has 6 heteroatoms. The molecule has 2 aromatic rings. The minimum Gasteiger partial charge on any atom is -0.364 e. The summed E-state index contributed by atoms with van der Waals surface area (Å²) in [6.07, 6.45) is 2.42. The summed E-state index contributed by atoms with van der Waals surface area (Å²) in [5.41, 5.74) is 1.86. The van der Waals surface area contributed by atoms with E-state index in [0.717, 1.165) is 35.0 Å². The van der Waals surface area contributed by atoms with E-state index in [2.05, 4.69) is 20.3 Å². The zero-order valence-electron chi connectivity index (χ0n) is 8.86. The number of nitrogens with zero attached hydrogens (tertiary/aromatic N) is 2. The van der Waals surface area contributed by atoms with Crippen molar-refractivity contribution < 1.29 is 0 Å². The summed E-state index contributed by atoms with van der Waals surface area (Å²) in [6, 6.07) is 1.91. The molecule has 0 radical (unpaired) electrons. The standard InChI is InChI=1S/C10H12N4OS/c1-2-7-3-9(13-6-12-7)11-4-8-5-16-10(15)14-8/h3,5-6H,2,4H2,1H3,(H,14,15)(H,11,12,13). The van der Waals surface area contributed by atoms with Gasteiger partial charge in [0.1, 0.15) is 12.1 Å². The maximum atomic E-state index is 10.9. The van der Waals surface area contributed by atoms with Crippen LogP contribution in [0.1, 0.15) is 18.3 Å². The Morgan fingerprint density at radius 1 is 1.50 bits per heavy atom. The lowest BCUT2D eigenvalue weighted by Crippen LogP contribution is -2.04. The van der Waals surface area contributed by atoms with E-state index in [0.29, 0.717) is 6.54 Å². The first-order valence-corrected chi connectivity index (χ1v) is 5.87. The summed E-state index contributed by atoms with van der Waals surface area (Å²) in [5, 5.41) is 4.94. The van der Waals surface area contributed by atoms with E-state index in [-0.39, 0.29) is 4.87 Å². The topological polar surface area (TPSA) is 70.7 Å². The highest BCUT2D eigenvalue weighted by molar-refractivity contribution is 7.07. The number of H-pyrrole nitrogens is 1. The molecule has 2 heterocycles. The van der Waals surface area contributed by atoms with Crippen LogP contribution in [0.25, 0.3) is 0 Å². The normalized spacial score (nSPS) is 10.3. The number of anilines is 1. The van der Waals surface area contributed by atoms with Gasteiger partial charge in [0, 0.05) is 22.8 Å². The predicted octanol–water partition coefficient (Wildman–Crippen LogP) is 1.40. The monoisotopic (exact) mass is 236 g/mol. The molecule has 16 heavy (non-hydrogen) atoms. The average Bonchev–Trinajstić information content (AvgIpc) is 2.73. The molecule has 0 spiro atoms. The lowest BCUT2D eigenvalue weighted by atomic mass is 10.3. The summed E-state index contributed by atoms with van der Waals surface area (Å²) in [4.78, 5) is 21.8. The summed E-state index contributed by atoms with van der Waals surface area (Å²) in [6.45, 7) is 2.61. The van der Waals surface area contributed by atoms with Crippen LogP contribution in [0.2, 0.25) is 0 Å². The van der Waals surface area contributed by atoms with Crippen LogP contribution in [0.15, 0.2) is 22.6 Å². The van der Waals surface area contributed by atoms with Gasteiger partial charge in [-0.1, -0.05) is 18.3 Å². The summed E-state index contributed by atoms with van der Waals surface area (Å²) in [5.74, 6) is 0.777. The zero-order chi connectivity index (χ0) is 11.4. The molecule has 2 aromatic heterocycles. The van der Waals surface area contributed by atoms with Crippen LogP contribution in [-0.4, -0.2) is 15.0 Å². The second-order valence-corrected chi connectivity index (χ2v) is 4.12. The Labute approximate surface area is 96.6 Å². The molecule has 0 aliphatic carbocycles. The number of hydrogen-bond donors (Lipinski definition) is 2. The maximum absolute atomic E-state index is 10.9. The lowest BCUT2D eigenvalue weighted by molar-refractivity contribution is 0.977. The first kappa shape index (κ1) is 10.8. The molecule has 0 saturated heterocycles. The molecule has 2 rings (SSSR count). The van der Waals surface area contributed by atoms with E-state index < -0.39 is 0 Å². The van der Waals surface area contributed by atoms with E-state index in [1.165, 1.54) is 6.33 Å². The maximum Gasteiger partial charge on any atom is 0.304 e. The Morgan fingerprint density at radius 2 is 2.38 bits per heavy atom. The Hall–Kier alpha value is -1.69. The molecule has 0 saturated carbocycles.